The predicted molar refractivity (Wildman–Crippen MR) is 124 cm³/mol. The van der Waals surface area contributed by atoms with Gasteiger partial charge in [-0.15, -0.1) is 0 Å². The normalized spacial score (nSPS) is 11.8. The first-order valence-electron chi connectivity index (χ1n) is 10.2. The topological polar surface area (TPSA) is 93.4 Å². The molecule has 1 amide bonds. The SMILES string of the molecule is COc1ccc(C(C)NC(=O)Cn2c(-c3ccc(Cl)cc3)nc(C)c(CCO)c2=O)cc1. The number of amides is 1. The summed E-state index contributed by atoms with van der Waals surface area (Å²) in [5, 5.41) is 12.8. The van der Waals surface area contributed by atoms with Crippen LogP contribution in [0.5, 0.6) is 5.75 Å². The van der Waals surface area contributed by atoms with Crippen molar-refractivity contribution < 1.29 is 14.6 Å². The highest BCUT2D eigenvalue weighted by molar-refractivity contribution is 6.30. The number of aliphatic hydroxyl groups excluding tert-OH is 1. The van der Waals surface area contributed by atoms with Gasteiger partial charge in [0.1, 0.15) is 18.1 Å². The average molecular weight is 456 g/mol. The van der Waals surface area contributed by atoms with E-state index in [4.69, 9.17) is 16.3 Å². The molecule has 1 unspecified atom stereocenters. The highest BCUT2D eigenvalue weighted by Gasteiger charge is 2.19. The van der Waals surface area contributed by atoms with E-state index in [2.05, 4.69) is 10.3 Å². The first-order chi connectivity index (χ1) is 15.3. The maximum atomic E-state index is 13.2. The van der Waals surface area contributed by atoms with Crippen LogP contribution < -0.4 is 15.6 Å². The number of hydrogen-bond acceptors (Lipinski definition) is 5. The summed E-state index contributed by atoms with van der Waals surface area (Å²) in [5.41, 5.74) is 2.15. The van der Waals surface area contributed by atoms with Crippen LogP contribution in [0, 0.1) is 6.92 Å². The fourth-order valence-corrected chi connectivity index (χ4v) is 3.60. The average Bonchev–Trinajstić information content (AvgIpc) is 2.79. The maximum Gasteiger partial charge on any atom is 0.257 e. The number of nitrogens with zero attached hydrogens (tertiary/aromatic N) is 2. The van der Waals surface area contributed by atoms with Gasteiger partial charge in [0, 0.05) is 34.9 Å². The van der Waals surface area contributed by atoms with E-state index < -0.39 is 0 Å². The van der Waals surface area contributed by atoms with E-state index in [1.54, 1.807) is 38.3 Å². The molecule has 0 saturated heterocycles. The Morgan fingerprint density at radius 1 is 1.19 bits per heavy atom. The van der Waals surface area contributed by atoms with Crippen LogP contribution >= 0.6 is 11.6 Å². The van der Waals surface area contributed by atoms with Gasteiger partial charge >= 0.3 is 0 Å². The van der Waals surface area contributed by atoms with Gasteiger partial charge in [-0.2, -0.15) is 0 Å². The van der Waals surface area contributed by atoms with Crippen molar-refractivity contribution in [2.45, 2.75) is 32.9 Å². The summed E-state index contributed by atoms with van der Waals surface area (Å²) in [6.07, 6.45) is 0.169. The molecule has 3 rings (SSSR count). The summed E-state index contributed by atoms with van der Waals surface area (Å²) in [6.45, 7) is 3.21. The molecule has 7 nitrogen and oxygen atoms in total. The first-order valence-corrected chi connectivity index (χ1v) is 10.6. The number of halogens is 1. The molecule has 1 atom stereocenters. The van der Waals surface area contributed by atoms with Crippen LogP contribution in [0.2, 0.25) is 5.02 Å². The third-order valence-electron chi connectivity index (χ3n) is 5.23. The Morgan fingerprint density at radius 3 is 2.44 bits per heavy atom. The van der Waals surface area contributed by atoms with Gasteiger partial charge in [-0.05, 0) is 55.8 Å². The van der Waals surface area contributed by atoms with Gasteiger partial charge in [0.05, 0.1) is 13.2 Å². The van der Waals surface area contributed by atoms with Crippen LogP contribution in [0.25, 0.3) is 11.4 Å². The quantitative estimate of drug-likeness (QED) is 0.543. The minimum atomic E-state index is -0.344. The Kier molecular flexibility index (Phi) is 7.66. The molecule has 0 bridgehead atoms. The van der Waals surface area contributed by atoms with Gasteiger partial charge in [0.15, 0.2) is 0 Å². The maximum absolute atomic E-state index is 13.2. The lowest BCUT2D eigenvalue weighted by molar-refractivity contribution is -0.122. The standard InChI is InChI=1S/C24H26ClN3O4/c1-15(17-6-10-20(32-3)11-7-17)26-22(30)14-28-23(18-4-8-19(25)9-5-18)27-16(2)21(12-13-29)24(28)31/h4-11,15,29H,12-14H2,1-3H3,(H,26,30). The van der Waals surface area contributed by atoms with Crippen molar-refractivity contribution in [2.75, 3.05) is 13.7 Å². The minimum absolute atomic E-state index is 0.169. The van der Waals surface area contributed by atoms with Gasteiger partial charge in [0.2, 0.25) is 5.91 Å². The van der Waals surface area contributed by atoms with Gasteiger partial charge in [-0.1, -0.05) is 23.7 Å². The summed E-state index contributed by atoms with van der Waals surface area (Å²) in [5.74, 6) is 0.776. The first kappa shape index (κ1) is 23.5. The lowest BCUT2D eigenvalue weighted by Crippen LogP contribution is -2.36. The van der Waals surface area contributed by atoms with Crippen molar-refractivity contribution in [2.24, 2.45) is 0 Å². The van der Waals surface area contributed by atoms with Crippen LogP contribution in [0.4, 0.5) is 0 Å². The number of rotatable bonds is 8. The van der Waals surface area contributed by atoms with Crippen LogP contribution in [0.1, 0.15) is 29.8 Å². The number of aromatic nitrogens is 2. The van der Waals surface area contributed by atoms with E-state index in [0.29, 0.717) is 27.7 Å². The second kappa shape index (κ2) is 10.4. The zero-order valence-corrected chi connectivity index (χ0v) is 19.0. The molecular formula is C24H26ClN3O4. The second-order valence-electron chi connectivity index (χ2n) is 7.43. The Labute approximate surface area is 191 Å². The molecule has 1 heterocycles. The highest BCUT2D eigenvalue weighted by Crippen LogP contribution is 2.21. The van der Waals surface area contributed by atoms with Crippen molar-refractivity contribution in [3.05, 3.63) is 80.7 Å². The molecule has 1 aromatic heterocycles. The summed E-state index contributed by atoms with van der Waals surface area (Å²) in [7, 11) is 1.59. The van der Waals surface area contributed by atoms with Crippen molar-refractivity contribution in [1.82, 2.24) is 14.9 Å². The number of aryl methyl sites for hydroxylation is 1. The van der Waals surface area contributed by atoms with E-state index in [9.17, 15) is 14.7 Å². The second-order valence-corrected chi connectivity index (χ2v) is 7.87. The molecule has 0 spiro atoms. The smallest absolute Gasteiger partial charge is 0.257 e. The lowest BCUT2D eigenvalue weighted by atomic mass is 10.1. The molecule has 0 aliphatic carbocycles. The zero-order chi connectivity index (χ0) is 23.3. The number of hydrogen-bond donors (Lipinski definition) is 2. The monoisotopic (exact) mass is 455 g/mol. The molecule has 2 aromatic carbocycles. The van der Waals surface area contributed by atoms with Gasteiger partial charge in [-0.25, -0.2) is 4.98 Å². The zero-order valence-electron chi connectivity index (χ0n) is 18.3. The molecule has 32 heavy (non-hydrogen) atoms. The van der Waals surface area contributed by atoms with E-state index >= 15 is 0 Å². The largest absolute Gasteiger partial charge is 0.497 e. The number of carbonyl (C=O) groups is 1. The molecule has 2 N–H and O–H groups in total. The molecule has 0 saturated carbocycles. The van der Waals surface area contributed by atoms with E-state index in [1.807, 2.05) is 31.2 Å². The van der Waals surface area contributed by atoms with E-state index in [-0.39, 0.29) is 37.1 Å². The summed E-state index contributed by atoms with van der Waals surface area (Å²) in [6, 6.07) is 14.1. The fourth-order valence-electron chi connectivity index (χ4n) is 3.47. The van der Waals surface area contributed by atoms with Crippen molar-refractivity contribution in [3.63, 3.8) is 0 Å². The molecule has 0 radical (unpaired) electrons. The fraction of sp³-hybridized carbons (Fsp3) is 0.292. The summed E-state index contributed by atoms with van der Waals surface area (Å²) < 4.78 is 6.51. The minimum Gasteiger partial charge on any atom is -0.497 e. The van der Waals surface area contributed by atoms with Crippen molar-refractivity contribution in [3.8, 4) is 17.1 Å². The van der Waals surface area contributed by atoms with Crippen molar-refractivity contribution in [1.29, 1.82) is 0 Å². The number of benzene rings is 2. The lowest BCUT2D eigenvalue weighted by Gasteiger charge is -2.18. The van der Waals surface area contributed by atoms with E-state index in [1.165, 1.54) is 4.57 Å². The molecule has 3 aromatic rings. The van der Waals surface area contributed by atoms with Crippen LogP contribution in [0.3, 0.4) is 0 Å². The Bertz CT molecular complexity index is 1140. The van der Waals surface area contributed by atoms with Gasteiger partial charge in [0.25, 0.3) is 5.56 Å². The van der Waals surface area contributed by atoms with E-state index in [0.717, 1.165) is 11.3 Å². The number of ether oxygens (including phenoxy) is 1. The Balaban J connectivity index is 1.92. The van der Waals surface area contributed by atoms with Gasteiger partial charge in [-0.3, -0.25) is 14.2 Å². The number of nitrogens with one attached hydrogen (secondary N) is 1. The summed E-state index contributed by atoms with van der Waals surface area (Å²) >= 11 is 6.00. The Morgan fingerprint density at radius 2 is 1.84 bits per heavy atom. The molecule has 8 heteroatoms. The molecular weight excluding hydrogens is 430 g/mol. The number of aliphatic hydroxyl groups is 1. The third kappa shape index (κ3) is 5.36. The van der Waals surface area contributed by atoms with Gasteiger partial charge < -0.3 is 15.2 Å². The molecule has 168 valence electrons. The van der Waals surface area contributed by atoms with Crippen LogP contribution in [-0.2, 0) is 17.8 Å². The Hall–Kier alpha value is -3.16. The van der Waals surface area contributed by atoms with Crippen LogP contribution in [0.15, 0.2) is 53.3 Å². The van der Waals surface area contributed by atoms with Crippen LogP contribution in [-0.4, -0.2) is 34.3 Å². The number of methoxy groups -OCH3 is 1. The number of carbonyl (C=O) groups excluding carboxylic acids is 1. The summed E-state index contributed by atoms with van der Waals surface area (Å²) in [4.78, 5) is 30.6. The molecule has 0 aliphatic rings. The third-order valence-corrected chi connectivity index (χ3v) is 5.48. The highest BCUT2D eigenvalue weighted by atomic mass is 35.5. The molecule has 0 aliphatic heterocycles. The predicted octanol–water partition coefficient (Wildman–Crippen LogP) is 3.29. The molecule has 0 fully saturated rings. The van der Waals surface area contributed by atoms with Crippen molar-refractivity contribution >= 4 is 17.5 Å².